The van der Waals surface area contributed by atoms with Crippen molar-refractivity contribution >= 4 is 29.8 Å². The van der Waals surface area contributed by atoms with E-state index in [4.69, 9.17) is 17.0 Å². The van der Waals surface area contributed by atoms with Crippen molar-refractivity contribution in [3.05, 3.63) is 40.9 Å². The summed E-state index contributed by atoms with van der Waals surface area (Å²) >= 11 is 5.46. The number of likely N-dealkylation sites (tertiary alicyclic amines) is 1. The monoisotopic (exact) mass is 417 g/mol. The number of rotatable bonds is 7. The largest absolute Gasteiger partial charge is 0.466 e. The van der Waals surface area contributed by atoms with Crippen molar-refractivity contribution in [3.63, 3.8) is 0 Å². The molecule has 1 aliphatic rings. The number of ether oxygens (including phenoxy) is 1. The van der Waals surface area contributed by atoms with Gasteiger partial charge in [0, 0.05) is 31.7 Å². The number of benzene rings is 1. The molecule has 1 amide bonds. The van der Waals surface area contributed by atoms with Gasteiger partial charge in [0.25, 0.3) is 0 Å². The van der Waals surface area contributed by atoms with E-state index in [2.05, 4.69) is 15.3 Å². The summed E-state index contributed by atoms with van der Waals surface area (Å²) in [6.07, 6.45) is 1.67. The SMILES string of the molecule is CCOC(=O)Cc1nn(CN2CCC(C(=O)Nc3ccccc3)CC2)c(=S)n1C. The van der Waals surface area contributed by atoms with Crippen molar-refractivity contribution in [1.29, 1.82) is 0 Å². The molecule has 1 saturated heterocycles. The summed E-state index contributed by atoms with van der Waals surface area (Å²) < 4.78 is 9.03. The number of nitrogens with one attached hydrogen (secondary N) is 1. The molecule has 0 unspecified atom stereocenters. The van der Waals surface area contributed by atoms with E-state index in [0.29, 0.717) is 23.9 Å². The van der Waals surface area contributed by atoms with Gasteiger partial charge < -0.3 is 14.6 Å². The van der Waals surface area contributed by atoms with E-state index in [1.54, 1.807) is 23.2 Å². The van der Waals surface area contributed by atoms with Crippen molar-refractivity contribution in [2.45, 2.75) is 32.9 Å². The smallest absolute Gasteiger partial charge is 0.313 e. The second-order valence-electron chi connectivity index (χ2n) is 7.13. The van der Waals surface area contributed by atoms with Crippen LogP contribution in [0.5, 0.6) is 0 Å². The Morgan fingerprint density at radius 2 is 1.93 bits per heavy atom. The zero-order chi connectivity index (χ0) is 20.8. The molecule has 2 heterocycles. The first-order valence-electron chi connectivity index (χ1n) is 9.84. The van der Waals surface area contributed by atoms with Gasteiger partial charge in [-0.2, -0.15) is 5.10 Å². The van der Waals surface area contributed by atoms with Crippen LogP contribution in [-0.2, 0) is 34.5 Å². The van der Waals surface area contributed by atoms with Gasteiger partial charge in [-0.15, -0.1) is 0 Å². The van der Waals surface area contributed by atoms with Crippen LogP contribution in [-0.4, -0.2) is 50.8 Å². The van der Waals surface area contributed by atoms with Gasteiger partial charge in [0.2, 0.25) is 5.91 Å². The van der Waals surface area contributed by atoms with Crippen LogP contribution in [0.2, 0.25) is 0 Å². The van der Waals surface area contributed by atoms with E-state index in [-0.39, 0.29) is 24.2 Å². The summed E-state index contributed by atoms with van der Waals surface area (Å²) in [6.45, 7) is 4.24. The van der Waals surface area contributed by atoms with Crippen molar-refractivity contribution in [2.24, 2.45) is 13.0 Å². The van der Waals surface area contributed by atoms with E-state index < -0.39 is 0 Å². The van der Waals surface area contributed by atoms with E-state index in [1.165, 1.54) is 0 Å². The van der Waals surface area contributed by atoms with Crippen LogP contribution >= 0.6 is 12.2 Å². The number of anilines is 1. The fourth-order valence-corrected chi connectivity index (χ4v) is 3.62. The number of aromatic nitrogens is 3. The highest BCUT2D eigenvalue weighted by Gasteiger charge is 2.25. The molecule has 0 aliphatic carbocycles. The number of hydrogen-bond acceptors (Lipinski definition) is 6. The molecule has 0 bridgehead atoms. The fourth-order valence-electron chi connectivity index (χ4n) is 3.41. The van der Waals surface area contributed by atoms with Crippen molar-refractivity contribution < 1.29 is 14.3 Å². The van der Waals surface area contributed by atoms with E-state index in [9.17, 15) is 9.59 Å². The molecule has 0 radical (unpaired) electrons. The van der Waals surface area contributed by atoms with E-state index >= 15 is 0 Å². The molecule has 2 aromatic rings. The van der Waals surface area contributed by atoms with Crippen molar-refractivity contribution in [3.8, 4) is 0 Å². The lowest BCUT2D eigenvalue weighted by molar-refractivity contribution is -0.142. The number of para-hydroxylation sites is 1. The maximum absolute atomic E-state index is 12.5. The molecule has 8 nitrogen and oxygen atoms in total. The van der Waals surface area contributed by atoms with Gasteiger partial charge in [-0.3, -0.25) is 14.5 Å². The van der Waals surface area contributed by atoms with Crippen LogP contribution in [0, 0.1) is 10.7 Å². The number of carbonyl (C=O) groups excluding carboxylic acids is 2. The molecule has 156 valence electrons. The van der Waals surface area contributed by atoms with Crippen LogP contribution in [0.15, 0.2) is 30.3 Å². The highest BCUT2D eigenvalue weighted by atomic mass is 32.1. The fraction of sp³-hybridized carbons (Fsp3) is 0.500. The molecule has 1 aromatic carbocycles. The number of piperidine rings is 1. The lowest BCUT2D eigenvalue weighted by Gasteiger charge is -2.30. The first-order chi connectivity index (χ1) is 14.0. The summed E-state index contributed by atoms with van der Waals surface area (Å²) in [6, 6.07) is 9.53. The Kier molecular flexibility index (Phi) is 7.16. The van der Waals surface area contributed by atoms with Crippen molar-refractivity contribution in [2.75, 3.05) is 25.0 Å². The Morgan fingerprint density at radius 1 is 1.24 bits per heavy atom. The summed E-state index contributed by atoms with van der Waals surface area (Å²) in [5, 5.41) is 7.48. The summed E-state index contributed by atoms with van der Waals surface area (Å²) in [5.74, 6) is 0.350. The first-order valence-corrected chi connectivity index (χ1v) is 10.3. The highest BCUT2D eigenvalue weighted by Crippen LogP contribution is 2.20. The molecule has 3 rings (SSSR count). The molecule has 29 heavy (non-hydrogen) atoms. The predicted octanol–water partition coefficient (Wildman–Crippen LogP) is 2.36. The third-order valence-electron chi connectivity index (χ3n) is 5.07. The number of carbonyl (C=O) groups is 2. The molecular weight excluding hydrogens is 390 g/mol. The summed E-state index contributed by atoms with van der Waals surface area (Å²) in [5.41, 5.74) is 0.828. The zero-order valence-corrected chi connectivity index (χ0v) is 17.7. The summed E-state index contributed by atoms with van der Waals surface area (Å²) in [7, 11) is 1.81. The maximum Gasteiger partial charge on any atom is 0.313 e. The van der Waals surface area contributed by atoms with E-state index in [1.807, 2.05) is 30.3 Å². The summed E-state index contributed by atoms with van der Waals surface area (Å²) in [4.78, 5) is 26.4. The minimum Gasteiger partial charge on any atom is -0.466 e. The second-order valence-corrected chi connectivity index (χ2v) is 7.49. The minimum absolute atomic E-state index is 0.00235. The Balaban J connectivity index is 1.53. The number of nitrogens with zero attached hydrogens (tertiary/aromatic N) is 4. The number of amides is 1. The number of esters is 1. The molecule has 0 saturated carbocycles. The van der Waals surface area contributed by atoms with Crippen molar-refractivity contribution in [1.82, 2.24) is 19.2 Å². The Morgan fingerprint density at radius 3 is 2.59 bits per heavy atom. The average molecular weight is 418 g/mol. The third kappa shape index (κ3) is 5.51. The molecule has 1 fully saturated rings. The van der Waals surface area contributed by atoms with Crippen LogP contribution in [0.3, 0.4) is 0 Å². The molecule has 1 aliphatic heterocycles. The average Bonchev–Trinajstić information content (AvgIpc) is 2.97. The first kappa shape index (κ1) is 21.2. The lowest BCUT2D eigenvalue weighted by Crippen LogP contribution is -2.39. The Bertz CT molecular complexity index is 901. The molecule has 0 atom stereocenters. The molecule has 1 N–H and O–H groups in total. The third-order valence-corrected chi connectivity index (χ3v) is 5.56. The van der Waals surface area contributed by atoms with Crippen LogP contribution in [0.4, 0.5) is 5.69 Å². The molecule has 0 spiro atoms. The van der Waals surface area contributed by atoms with Gasteiger partial charge in [0.05, 0.1) is 13.3 Å². The van der Waals surface area contributed by atoms with Gasteiger partial charge in [-0.25, -0.2) is 4.68 Å². The zero-order valence-electron chi connectivity index (χ0n) is 16.8. The van der Waals surface area contributed by atoms with Crippen LogP contribution in [0.25, 0.3) is 0 Å². The molecule has 1 aromatic heterocycles. The van der Waals surface area contributed by atoms with Gasteiger partial charge in [-0.05, 0) is 44.1 Å². The predicted molar refractivity (Wildman–Crippen MR) is 112 cm³/mol. The standard InChI is InChI=1S/C20H27N5O3S/c1-3-28-18(26)13-17-22-25(20(29)23(17)2)14-24-11-9-15(10-12-24)19(27)21-16-7-5-4-6-8-16/h4-8,15H,3,9-14H2,1-2H3,(H,21,27). The van der Waals surface area contributed by atoms with Gasteiger partial charge in [0.15, 0.2) is 4.77 Å². The van der Waals surface area contributed by atoms with Gasteiger partial charge in [-0.1, -0.05) is 18.2 Å². The Hall–Kier alpha value is -2.52. The normalized spacial score (nSPS) is 15.2. The Labute approximate surface area is 175 Å². The highest BCUT2D eigenvalue weighted by molar-refractivity contribution is 7.71. The van der Waals surface area contributed by atoms with E-state index in [0.717, 1.165) is 31.6 Å². The van der Waals surface area contributed by atoms with Crippen LogP contribution < -0.4 is 5.32 Å². The molecular formula is C20H27N5O3S. The van der Waals surface area contributed by atoms with Gasteiger partial charge >= 0.3 is 5.97 Å². The lowest BCUT2D eigenvalue weighted by atomic mass is 9.96. The second kappa shape index (κ2) is 9.80. The number of hydrogen-bond donors (Lipinski definition) is 1. The van der Waals surface area contributed by atoms with Crippen LogP contribution in [0.1, 0.15) is 25.6 Å². The van der Waals surface area contributed by atoms with Gasteiger partial charge in [0.1, 0.15) is 12.2 Å². The topological polar surface area (TPSA) is 81.4 Å². The molecule has 9 heteroatoms. The quantitative estimate of drug-likeness (QED) is 0.550. The maximum atomic E-state index is 12.5. The minimum atomic E-state index is -0.312.